The van der Waals surface area contributed by atoms with Crippen LogP contribution in [0.15, 0.2) is 24.3 Å². The molecule has 0 aliphatic rings. The Kier molecular flexibility index (Phi) is 4.12. The van der Waals surface area contributed by atoms with Crippen LogP contribution in [0.4, 0.5) is 5.69 Å². The van der Waals surface area contributed by atoms with E-state index in [1.165, 1.54) is 0 Å². The number of benzene rings is 1. The second kappa shape index (κ2) is 5.36. The average Bonchev–Trinajstić information content (AvgIpc) is 2.18. The first-order valence-electron chi connectivity index (χ1n) is 4.87. The first kappa shape index (κ1) is 11.5. The molecule has 1 aromatic rings. The lowest BCUT2D eigenvalue weighted by Crippen LogP contribution is -2.25. The third-order valence-electron chi connectivity index (χ3n) is 1.75. The minimum absolute atomic E-state index is 0.254. The fraction of sp³-hybridized carbons (Fsp3) is 0.364. The first-order valence-corrected chi connectivity index (χ1v) is 4.87. The van der Waals surface area contributed by atoms with Crippen LogP contribution in [-0.4, -0.2) is 12.5 Å². The predicted molar refractivity (Wildman–Crippen MR) is 59.1 cm³/mol. The largest absolute Gasteiger partial charge is 0.399 e. The van der Waals surface area contributed by atoms with Crippen molar-refractivity contribution in [2.24, 2.45) is 5.92 Å². The number of nitrogens with one attached hydrogen (secondary N) is 1. The number of anilines is 1. The molecule has 0 saturated carbocycles. The molecular weight excluding hydrogens is 192 g/mol. The summed E-state index contributed by atoms with van der Waals surface area (Å²) in [5, 5.41) is 0. The Hall–Kier alpha value is -1.55. The molecule has 1 rings (SSSR count). The summed E-state index contributed by atoms with van der Waals surface area (Å²) in [7, 11) is 0. The average molecular weight is 208 g/mol. The van der Waals surface area contributed by atoms with Gasteiger partial charge in [-0.1, -0.05) is 13.8 Å². The van der Waals surface area contributed by atoms with Crippen molar-refractivity contribution in [3.63, 3.8) is 0 Å². The summed E-state index contributed by atoms with van der Waals surface area (Å²) in [6, 6.07) is 6.67. The summed E-state index contributed by atoms with van der Waals surface area (Å²) in [5.74, 6) is 0.132. The number of carbonyl (C=O) groups is 1. The Morgan fingerprint density at radius 2 is 2.00 bits per heavy atom. The van der Waals surface area contributed by atoms with Crippen molar-refractivity contribution in [3.8, 4) is 0 Å². The molecule has 15 heavy (non-hydrogen) atoms. The zero-order valence-corrected chi connectivity index (χ0v) is 8.99. The van der Waals surface area contributed by atoms with Crippen LogP contribution in [0.5, 0.6) is 0 Å². The van der Waals surface area contributed by atoms with Crippen LogP contribution >= 0.6 is 0 Å². The smallest absolute Gasteiger partial charge is 0.274 e. The van der Waals surface area contributed by atoms with Crippen molar-refractivity contribution in [1.29, 1.82) is 0 Å². The highest BCUT2D eigenvalue weighted by Crippen LogP contribution is 2.05. The van der Waals surface area contributed by atoms with Crippen LogP contribution in [0.25, 0.3) is 0 Å². The summed E-state index contributed by atoms with van der Waals surface area (Å²) in [4.78, 5) is 16.5. The number of hydrogen-bond acceptors (Lipinski definition) is 3. The Labute approximate surface area is 89.4 Å². The molecule has 0 bridgehead atoms. The molecule has 3 N–H and O–H groups in total. The Bertz CT molecular complexity index is 320. The summed E-state index contributed by atoms with van der Waals surface area (Å²) >= 11 is 0. The predicted octanol–water partition coefficient (Wildman–Crippen LogP) is 1.59. The topological polar surface area (TPSA) is 64.3 Å². The molecule has 4 heteroatoms. The molecule has 0 saturated heterocycles. The number of carbonyl (C=O) groups excluding carboxylic acids is 1. The molecule has 0 fully saturated rings. The van der Waals surface area contributed by atoms with E-state index in [1.54, 1.807) is 24.3 Å². The Morgan fingerprint density at radius 3 is 2.53 bits per heavy atom. The van der Waals surface area contributed by atoms with Gasteiger partial charge in [0.1, 0.15) is 0 Å². The van der Waals surface area contributed by atoms with Gasteiger partial charge in [0.15, 0.2) is 0 Å². The van der Waals surface area contributed by atoms with E-state index >= 15 is 0 Å². The fourth-order valence-corrected chi connectivity index (χ4v) is 0.967. The van der Waals surface area contributed by atoms with Gasteiger partial charge in [0.25, 0.3) is 5.91 Å². The van der Waals surface area contributed by atoms with Crippen molar-refractivity contribution < 1.29 is 9.63 Å². The molecule has 1 amide bonds. The minimum Gasteiger partial charge on any atom is -0.399 e. The van der Waals surface area contributed by atoms with Gasteiger partial charge in [-0.15, -0.1) is 0 Å². The second-order valence-corrected chi connectivity index (χ2v) is 3.76. The maximum absolute atomic E-state index is 11.5. The van der Waals surface area contributed by atoms with E-state index in [1.807, 2.05) is 13.8 Å². The lowest BCUT2D eigenvalue weighted by Gasteiger charge is -2.07. The van der Waals surface area contributed by atoms with E-state index in [-0.39, 0.29) is 5.91 Å². The first-order chi connectivity index (χ1) is 7.09. The molecule has 0 heterocycles. The van der Waals surface area contributed by atoms with Crippen molar-refractivity contribution in [2.45, 2.75) is 13.8 Å². The second-order valence-electron chi connectivity index (χ2n) is 3.76. The van der Waals surface area contributed by atoms with Gasteiger partial charge in [0.2, 0.25) is 0 Å². The van der Waals surface area contributed by atoms with Gasteiger partial charge in [0, 0.05) is 11.3 Å². The minimum atomic E-state index is -0.254. The standard InChI is InChI=1S/C11H16N2O2/c1-8(2)7-15-13-11(14)9-3-5-10(12)6-4-9/h3-6,8H,7,12H2,1-2H3,(H,13,14). The highest BCUT2D eigenvalue weighted by molar-refractivity contribution is 5.93. The van der Waals surface area contributed by atoms with Crippen molar-refractivity contribution >= 4 is 11.6 Å². The van der Waals surface area contributed by atoms with Gasteiger partial charge in [-0.3, -0.25) is 9.63 Å². The van der Waals surface area contributed by atoms with E-state index in [0.717, 1.165) is 0 Å². The number of nitrogen functional groups attached to an aromatic ring is 1. The molecule has 0 atom stereocenters. The number of nitrogens with two attached hydrogens (primary N) is 1. The van der Waals surface area contributed by atoms with Crippen LogP contribution in [0, 0.1) is 5.92 Å². The van der Waals surface area contributed by atoms with Crippen molar-refractivity contribution in [1.82, 2.24) is 5.48 Å². The van der Waals surface area contributed by atoms with E-state index in [0.29, 0.717) is 23.8 Å². The van der Waals surface area contributed by atoms with Gasteiger partial charge in [-0.05, 0) is 30.2 Å². The lowest BCUT2D eigenvalue weighted by molar-refractivity contribution is 0.0208. The molecule has 0 spiro atoms. The number of hydrogen-bond donors (Lipinski definition) is 2. The zero-order chi connectivity index (χ0) is 11.3. The van der Waals surface area contributed by atoms with Crippen molar-refractivity contribution in [3.05, 3.63) is 29.8 Å². The van der Waals surface area contributed by atoms with Crippen LogP contribution in [-0.2, 0) is 4.84 Å². The maximum Gasteiger partial charge on any atom is 0.274 e. The molecule has 1 aromatic carbocycles. The van der Waals surface area contributed by atoms with Crippen molar-refractivity contribution in [2.75, 3.05) is 12.3 Å². The van der Waals surface area contributed by atoms with E-state index in [2.05, 4.69) is 5.48 Å². The zero-order valence-electron chi connectivity index (χ0n) is 8.99. The quantitative estimate of drug-likeness (QED) is 0.583. The number of hydroxylamine groups is 1. The molecule has 0 aromatic heterocycles. The van der Waals surface area contributed by atoms with Crippen LogP contribution in [0.2, 0.25) is 0 Å². The molecule has 0 aliphatic heterocycles. The van der Waals surface area contributed by atoms with Crippen LogP contribution in [0.3, 0.4) is 0 Å². The normalized spacial score (nSPS) is 10.3. The molecule has 0 unspecified atom stereocenters. The van der Waals surface area contributed by atoms with Gasteiger partial charge in [0.05, 0.1) is 6.61 Å². The summed E-state index contributed by atoms with van der Waals surface area (Å²) in [6.07, 6.45) is 0. The van der Waals surface area contributed by atoms with E-state index in [9.17, 15) is 4.79 Å². The summed E-state index contributed by atoms with van der Waals surface area (Å²) in [6.45, 7) is 4.52. The summed E-state index contributed by atoms with van der Waals surface area (Å²) in [5.41, 5.74) is 9.04. The van der Waals surface area contributed by atoms with Crippen LogP contribution in [0.1, 0.15) is 24.2 Å². The fourth-order valence-electron chi connectivity index (χ4n) is 0.967. The van der Waals surface area contributed by atoms with Crippen LogP contribution < -0.4 is 11.2 Å². The molecule has 4 nitrogen and oxygen atoms in total. The highest BCUT2D eigenvalue weighted by atomic mass is 16.6. The Balaban J connectivity index is 2.43. The third kappa shape index (κ3) is 3.99. The molecular formula is C11H16N2O2. The number of amides is 1. The molecule has 0 radical (unpaired) electrons. The molecule has 82 valence electrons. The molecule has 0 aliphatic carbocycles. The lowest BCUT2D eigenvalue weighted by atomic mass is 10.2. The highest BCUT2D eigenvalue weighted by Gasteiger charge is 2.04. The Morgan fingerprint density at radius 1 is 1.40 bits per heavy atom. The third-order valence-corrected chi connectivity index (χ3v) is 1.75. The van der Waals surface area contributed by atoms with Gasteiger partial charge >= 0.3 is 0 Å². The van der Waals surface area contributed by atoms with E-state index < -0.39 is 0 Å². The number of rotatable bonds is 4. The van der Waals surface area contributed by atoms with E-state index in [4.69, 9.17) is 10.6 Å². The van der Waals surface area contributed by atoms with Gasteiger partial charge in [-0.2, -0.15) is 0 Å². The van der Waals surface area contributed by atoms with Gasteiger partial charge in [-0.25, -0.2) is 5.48 Å². The SMILES string of the molecule is CC(C)CONC(=O)c1ccc(N)cc1. The monoisotopic (exact) mass is 208 g/mol. The summed E-state index contributed by atoms with van der Waals surface area (Å²) < 4.78 is 0. The van der Waals surface area contributed by atoms with Gasteiger partial charge < -0.3 is 5.73 Å². The maximum atomic E-state index is 11.5.